The molecular formula is C30H32N2O4. The van der Waals surface area contributed by atoms with Gasteiger partial charge in [-0.25, -0.2) is 0 Å². The second-order valence-electron chi connectivity index (χ2n) is 9.31. The monoisotopic (exact) mass is 484 g/mol. The van der Waals surface area contributed by atoms with Crippen molar-refractivity contribution in [2.45, 2.75) is 26.0 Å². The summed E-state index contributed by atoms with van der Waals surface area (Å²) in [5, 5.41) is 11.3. The first-order chi connectivity index (χ1) is 17.4. The van der Waals surface area contributed by atoms with Gasteiger partial charge in [-0.05, 0) is 68.9 Å². The topological polar surface area (TPSA) is 70.1 Å². The van der Waals surface area contributed by atoms with Crippen LogP contribution < -0.4 is 4.74 Å². The van der Waals surface area contributed by atoms with Gasteiger partial charge in [-0.2, -0.15) is 0 Å². The Hall–Kier alpha value is -3.90. The van der Waals surface area contributed by atoms with Gasteiger partial charge in [0.15, 0.2) is 0 Å². The number of ketones is 1. The number of benzene rings is 3. The van der Waals surface area contributed by atoms with Gasteiger partial charge in [-0.1, -0.05) is 60.7 Å². The molecule has 0 aromatic heterocycles. The van der Waals surface area contributed by atoms with Gasteiger partial charge < -0.3 is 19.6 Å². The van der Waals surface area contributed by atoms with Crippen LogP contribution in [0, 0.1) is 6.92 Å². The third kappa shape index (κ3) is 5.50. The van der Waals surface area contributed by atoms with Crippen molar-refractivity contribution in [1.82, 2.24) is 9.80 Å². The molecule has 1 atom stereocenters. The standard InChI is InChI=1S/C30H32N2O4/c1-21-19-24(15-16-25(21)36-20-22-11-6-4-7-12-22)28(33)26-27(23-13-8-5-9-14-23)32(30(35)29(26)34)18-10-17-31(2)3/h4-9,11-16,19,27,33H,10,17-18,20H2,1-3H3/t27-/m1/s1. The number of nitrogens with zero attached hydrogens (tertiary/aromatic N) is 2. The predicted octanol–water partition coefficient (Wildman–Crippen LogP) is 4.95. The lowest BCUT2D eigenvalue weighted by molar-refractivity contribution is -0.139. The van der Waals surface area contributed by atoms with E-state index in [1.54, 1.807) is 23.1 Å². The van der Waals surface area contributed by atoms with Crippen LogP contribution in [0.5, 0.6) is 5.75 Å². The van der Waals surface area contributed by atoms with E-state index in [1.807, 2.05) is 86.6 Å². The molecule has 0 radical (unpaired) electrons. The first-order valence-corrected chi connectivity index (χ1v) is 12.1. The maximum atomic E-state index is 13.2. The van der Waals surface area contributed by atoms with Gasteiger partial charge in [0.25, 0.3) is 11.7 Å². The number of carbonyl (C=O) groups is 2. The van der Waals surface area contributed by atoms with Gasteiger partial charge >= 0.3 is 0 Å². The number of aliphatic hydroxyl groups is 1. The van der Waals surface area contributed by atoms with Crippen LogP contribution in [0.15, 0.2) is 84.4 Å². The lowest BCUT2D eigenvalue weighted by atomic mass is 9.95. The van der Waals surface area contributed by atoms with E-state index in [-0.39, 0.29) is 11.3 Å². The van der Waals surface area contributed by atoms with Gasteiger partial charge in [0, 0.05) is 12.1 Å². The van der Waals surface area contributed by atoms with Crippen molar-refractivity contribution in [1.29, 1.82) is 0 Å². The van der Waals surface area contributed by atoms with Crippen molar-refractivity contribution >= 4 is 17.4 Å². The summed E-state index contributed by atoms with van der Waals surface area (Å²) in [6.45, 7) is 3.53. The Morgan fingerprint density at radius 1 is 0.972 bits per heavy atom. The third-order valence-electron chi connectivity index (χ3n) is 6.35. The zero-order chi connectivity index (χ0) is 25.7. The fourth-order valence-corrected chi connectivity index (χ4v) is 4.50. The summed E-state index contributed by atoms with van der Waals surface area (Å²) in [7, 11) is 3.94. The number of amides is 1. The maximum absolute atomic E-state index is 13.2. The van der Waals surface area contributed by atoms with Crippen LogP contribution in [0.2, 0.25) is 0 Å². The highest BCUT2D eigenvalue weighted by atomic mass is 16.5. The number of Topliss-reactive ketones (excluding diaryl/α,β-unsaturated/α-hetero) is 1. The number of hydrogen-bond acceptors (Lipinski definition) is 5. The van der Waals surface area contributed by atoms with Gasteiger partial charge in [0.05, 0.1) is 11.6 Å². The number of carbonyl (C=O) groups excluding carboxylic acids is 2. The first kappa shape index (κ1) is 25.2. The molecule has 0 unspecified atom stereocenters. The maximum Gasteiger partial charge on any atom is 0.295 e. The molecule has 0 spiro atoms. The van der Waals surface area contributed by atoms with Crippen molar-refractivity contribution in [3.63, 3.8) is 0 Å². The molecule has 1 aliphatic rings. The predicted molar refractivity (Wildman–Crippen MR) is 141 cm³/mol. The van der Waals surface area contributed by atoms with Gasteiger partial charge in [-0.15, -0.1) is 0 Å². The molecule has 1 heterocycles. The highest BCUT2D eigenvalue weighted by molar-refractivity contribution is 6.46. The van der Waals surface area contributed by atoms with Crippen LogP contribution in [0.4, 0.5) is 0 Å². The normalized spacial score (nSPS) is 17.1. The summed E-state index contributed by atoms with van der Waals surface area (Å²) in [4.78, 5) is 29.8. The summed E-state index contributed by atoms with van der Waals surface area (Å²) in [5.41, 5.74) is 3.27. The minimum Gasteiger partial charge on any atom is -0.507 e. The summed E-state index contributed by atoms with van der Waals surface area (Å²) >= 11 is 0. The third-order valence-corrected chi connectivity index (χ3v) is 6.35. The van der Waals surface area contributed by atoms with Crippen molar-refractivity contribution in [2.75, 3.05) is 27.2 Å². The molecule has 186 valence electrons. The van der Waals surface area contributed by atoms with Crippen LogP contribution in [0.1, 0.15) is 34.7 Å². The number of rotatable bonds is 9. The average molecular weight is 485 g/mol. The number of aryl methyl sites for hydroxylation is 1. The molecule has 1 saturated heterocycles. The molecule has 0 saturated carbocycles. The number of aliphatic hydroxyl groups excluding tert-OH is 1. The molecule has 6 heteroatoms. The Labute approximate surface area is 212 Å². The molecule has 0 bridgehead atoms. The fourth-order valence-electron chi connectivity index (χ4n) is 4.50. The molecule has 0 aliphatic carbocycles. The van der Waals surface area contributed by atoms with E-state index in [1.165, 1.54) is 0 Å². The zero-order valence-corrected chi connectivity index (χ0v) is 21.0. The fraction of sp³-hybridized carbons (Fsp3) is 0.267. The molecule has 1 fully saturated rings. The second-order valence-corrected chi connectivity index (χ2v) is 9.31. The van der Waals surface area contributed by atoms with Gasteiger partial charge in [0.2, 0.25) is 0 Å². The van der Waals surface area contributed by atoms with E-state index in [0.717, 1.165) is 29.7 Å². The van der Waals surface area contributed by atoms with Crippen LogP contribution in [-0.4, -0.2) is 53.8 Å². The van der Waals surface area contributed by atoms with Crippen LogP contribution in [0.3, 0.4) is 0 Å². The van der Waals surface area contributed by atoms with E-state index in [9.17, 15) is 14.7 Å². The second kappa shape index (κ2) is 11.2. The van der Waals surface area contributed by atoms with Crippen molar-refractivity contribution in [2.24, 2.45) is 0 Å². The highest BCUT2D eigenvalue weighted by Crippen LogP contribution is 2.39. The van der Waals surface area contributed by atoms with E-state index in [2.05, 4.69) is 0 Å². The molecule has 1 aliphatic heterocycles. The van der Waals surface area contributed by atoms with Crippen molar-refractivity contribution in [3.05, 3.63) is 107 Å². The molecular weight excluding hydrogens is 452 g/mol. The molecule has 3 aromatic carbocycles. The number of hydrogen-bond donors (Lipinski definition) is 1. The summed E-state index contributed by atoms with van der Waals surface area (Å²) in [6.07, 6.45) is 0.718. The van der Waals surface area contributed by atoms with Gasteiger partial charge in [0.1, 0.15) is 18.1 Å². The van der Waals surface area contributed by atoms with E-state index in [0.29, 0.717) is 24.5 Å². The lowest BCUT2D eigenvalue weighted by Crippen LogP contribution is -2.32. The Kier molecular flexibility index (Phi) is 7.86. The zero-order valence-electron chi connectivity index (χ0n) is 21.0. The largest absolute Gasteiger partial charge is 0.507 e. The molecule has 4 rings (SSSR count). The molecule has 6 nitrogen and oxygen atoms in total. The summed E-state index contributed by atoms with van der Waals surface area (Å²) in [5.74, 6) is -0.717. The minimum atomic E-state index is -0.659. The smallest absolute Gasteiger partial charge is 0.295 e. The van der Waals surface area contributed by atoms with Crippen molar-refractivity contribution < 1.29 is 19.4 Å². The first-order valence-electron chi connectivity index (χ1n) is 12.1. The molecule has 3 aromatic rings. The Bertz CT molecular complexity index is 1250. The quantitative estimate of drug-likeness (QED) is 0.264. The molecule has 1 N–H and O–H groups in total. The highest BCUT2D eigenvalue weighted by Gasteiger charge is 2.45. The average Bonchev–Trinajstić information content (AvgIpc) is 3.13. The Morgan fingerprint density at radius 3 is 2.28 bits per heavy atom. The van der Waals surface area contributed by atoms with E-state index < -0.39 is 17.7 Å². The Balaban J connectivity index is 1.66. The minimum absolute atomic E-state index is 0.119. The van der Waals surface area contributed by atoms with Crippen LogP contribution in [0.25, 0.3) is 5.76 Å². The molecule has 36 heavy (non-hydrogen) atoms. The number of likely N-dealkylation sites (tertiary alicyclic amines) is 1. The lowest BCUT2D eigenvalue weighted by Gasteiger charge is -2.26. The van der Waals surface area contributed by atoms with Crippen LogP contribution in [-0.2, 0) is 16.2 Å². The Morgan fingerprint density at radius 2 is 1.64 bits per heavy atom. The van der Waals surface area contributed by atoms with E-state index >= 15 is 0 Å². The van der Waals surface area contributed by atoms with Crippen LogP contribution >= 0.6 is 0 Å². The summed E-state index contributed by atoms with van der Waals surface area (Å²) in [6, 6.07) is 24.0. The summed E-state index contributed by atoms with van der Waals surface area (Å²) < 4.78 is 5.96. The SMILES string of the molecule is Cc1cc(C(O)=C2C(=O)C(=O)N(CCCN(C)C)[C@@H]2c2ccccc2)ccc1OCc1ccccc1. The molecule has 1 amide bonds. The number of ether oxygens (including phenoxy) is 1. The van der Waals surface area contributed by atoms with E-state index in [4.69, 9.17) is 4.74 Å². The van der Waals surface area contributed by atoms with Crippen molar-refractivity contribution in [3.8, 4) is 5.75 Å². The van der Waals surface area contributed by atoms with Gasteiger partial charge in [-0.3, -0.25) is 9.59 Å².